The van der Waals surface area contributed by atoms with Crippen LogP contribution in [0.4, 0.5) is 4.39 Å². The number of rotatable bonds is 7. The molecule has 1 fully saturated rings. The molecule has 2 aromatic rings. The molecule has 150 valence electrons. The van der Waals surface area contributed by atoms with Crippen LogP contribution in [-0.2, 0) is 16.1 Å². The maximum atomic E-state index is 14.2. The summed E-state index contributed by atoms with van der Waals surface area (Å²) in [5, 5.41) is 2.97. The van der Waals surface area contributed by atoms with Gasteiger partial charge in [0.15, 0.2) is 0 Å². The van der Waals surface area contributed by atoms with E-state index in [9.17, 15) is 9.18 Å². The van der Waals surface area contributed by atoms with Gasteiger partial charge >= 0.3 is 0 Å². The number of nitrogens with one attached hydrogen (secondary N) is 1. The molecule has 0 radical (unpaired) electrons. The fraction of sp³-hybridized carbons (Fsp3) is 0.435. The quantitative estimate of drug-likeness (QED) is 0.743. The third kappa shape index (κ3) is 5.40. The molecular formula is C23H29FN2O2. The Kier molecular flexibility index (Phi) is 7.18. The summed E-state index contributed by atoms with van der Waals surface area (Å²) in [6.45, 7) is 5.05. The topological polar surface area (TPSA) is 41.6 Å². The van der Waals surface area contributed by atoms with Gasteiger partial charge in [-0.3, -0.25) is 9.69 Å². The molecule has 2 atom stereocenters. The number of nitrogens with zero attached hydrogens (tertiary/aromatic N) is 1. The van der Waals surface area contributed by atoms with Gasteiger partial charge in [0.25, 0.3) is 0 Å². The van der Waals surface area contributed by atoms with E-state index in [1.807, 2.05) is 12.1 Å². The summed E-state index contributed by atoms with van der Waals surface area (Å²) in [5.41, 5.74) is 3.13. The van der Waals surface area contributed by atoms with Crippen LogP contribution in [0.3, 0.4) is 0 Å². The molecule has 5 heteroatoms. The largest absolute Gasteiger partial charge is 0.383 e. The lowest BCUT2D eigenvalue weighted by atomic mass is 9.83. The van der Waals surface area contributed by atoms with E-state index in [2.05, 4.69) is 41.4 Å². The minimum atomic E-state index is -0.193. The van der Waals surface area contributed by atoms with Gasteiger partial charge < -0.3 is 10.1 Å². The maximum Gasteiger partial charge on any atom is 0.224 e. The molecule has 0 unspecified atom stereocenters. The smallest absolute Gasteiger partial charge is 0.224 e. The average molecular weight is 384 g/mol. The second-order valence-electron chi connectivity index (χ2n) is 7.61. The van der Waals surface area contributed by atoms with Gasteiger partial charge in [0.2, 0.25) is 5.91 Å². The van der Waals surface area contributed by atoms with Gasteiger partial charge in [-0.25, -0.2) is 4.39 Å². The number of piperidine rings is 1. The zero-order chi connectivity index (χ0) is 19.9. The molecule has 3 rings (SSSR count). The minimum absolute atomic E-state index is 0.0490. The highest BCUT2D eigenvalue weighted by molar-refractivity contribution is 5.79. The van der Waals surface area contributed by atoms with Crippen LogP contribution in [0.15, 0.2) is 48.5 Å². The Hall–Kier alpha value is -2.24. The third-order valence-electron chi connectivity index (χ3n) is 5.37. The van der Waals surface area contributed by atoms with Crippen molar-refractivity contribution < 1.29 is 13.9 Å². The number of halogens is 1. The first kappa shape index (κ1) is 20.5. The molecule has 1 amide bonds. The first-order chi connectivity index (χ1) is 13.6. The van der Waals surface area contributed by atoms with Gasteiger partial charge in [-0.2, -0.15) is 0 Å². The average Bonchev–Trinajstić information content (AvgIpc) is 2.69. The molecule has 1 aliphatic heterocycles. The molecular weight excluding hydrogens is 355 g/mol. The van der Waals surface area contributed by atoms with Crippen LogP contribution >= 0.6 is 0 Å². The Balaban J connectivity index is 1.77. The van der Waals surface area contributed by atoms with E-state index in [1.165, 1.54) is 17.2 Å². The molecule has 0 aromatic heterocycles. The van der Waals surface area contributed by atoms with Gasteiger partial charge in [-0.05, 0) is 30.9 Å². The van der Waals surface area contributed by atoms with Crippen LogP contribution in [0.5, 0.6) is 0 Å². The van der Waals surface area contributed by atoms with Crippen molar-refractivity contribution in [1.29, 1.82) is 0 Å². The lowest BCUT2D eigenvalue weighted by Gasteiger charge is -2.37. The fourth-order valence-electron chi connectivity index (χ4n) is 3.96. The molecule has 28 heavy (non-hydrogen) atoms. The summed E-state index contributed by atoms with van der Waals surface area (Å²) in [6.07, 6.45) is 0.802. The van der Waals surface area contributed by atoms with Gasteiger partial charge in [-0.1, -0.05) is 48.0 Å². The predicted molar refractivity (Wildman–Crippen MR) is 109 cm³/mol. The van der Waals surface area contributed by atoms with Crippen LogP contribution in [0, 0.1) is 18.7 Å². The summed E-state index contributed by atoms with van der Waals surface area (Å²) in [6, 6.07) is 15.3. The van der Waals surface area contributed by atoms with Crippen molar-refractivity contribution in [3.63, 3.8) is 0 Å². The molecule has 0 spiro atoms. The zero-order valence-corrected chi connectivity index (χ0v) is 16.7. The first-order valence-electron chi connectivity index (χ1n) is 9.85. The molecule has 0 saturated carbocycles. The number of carbonyl (C=O) groups is 1. The summed E-state index contributed by atoms with van der Waals surface area (Å²) < 4.78 is 19.2. The Morgan fingerprint density at radius 2 is 2.04 bits per heavy atom. The van der Waals surface area contributed by atoms with Crippen molar-refractivity contribution in [2.24, 2.45) is 5.92 Å². The van der Waals surface area contributed by atoms with Crippen LogP contribution in [0.2, 0.25) is 0 Å². The first-order valence-corrected chi connectivity index (χ1v) is 9.85. The Morgan fingerprint density at radius 1 is 1.21 bits per heavy atom. The monoisotopic (exact) mass is 384 g/mol. The third-order valence-corrected chi connectivity index (χ3v) is 5.37. The Bertz CT molecular complexity index is 796. The molecule has 0 aliphatic carbocycles. The van der Waals surface area contributed by atoms with E-state index >= 15 is 0 Å². The molecule has 1 heterocycles. The van der Waals surface area contributed by atoms with Crippen molar-refractivity contribution in [2.75, 3.05) is 33.4 Å². The number of carbonyl (C=O) groups excluding carboxylic acids is 1. The standard InChI is InChI=1S/C23H29FN2O2/c1-17-6-5-8-18(12-17)20-13-21(23(27)25-10-11-28-2)16-26(15-20)14-19-7-3-4-9-22(19)24/h3-9,12,20-21H,10-11,13-16H2,1-2H3,(H,25,27)/t20-,21+/m0/s1. The van der Waals surface area contributed by atoms with Gasteiger partial charge in [-0.15, -0.1) is 0 Å². The summed E-state index contributed by atoms with van der Waals surface area (Å²) >= 11 is 0. The fourth-order valence-corrected chi connectivity index (χ4v) is 3.96. The molecule has 2 aromatic carbocycles. The minimum Gasteiger partial charge on any atom is -0.383 e. The van der Waals surface area contributed by atoms with Gasteiger partial charge in [0, 0.05) is 38.9 Å². The predicted octanol–water partition coefficient (Wildman–Crippen LogP) is 3.50. The van der Waals surface area contributed by atoms with Gasteiger partial charge in [0.1, 0.15) is 5.82 Å². The normalized spacial score (nSPS) is 20.1. The van der Waals surface area contributed by atoms with Crippen LogP contribution < -0.4 is 5.32 Å². The van der Waals surface area contributed by atoms with Crippen molar-refractivity contribution in [2.45, 2.75) is 25.8 Å². The molecule has 4 nitrogen and oxygen atoms in total. The summed E-state index contributed by atoms with van der Waals surface area (Å²) in [5.74, 6) is -0.0179. The zero-order valence-electron chi connectivity index (χ0n) is 16.7. The van der Waals surface area contributed by atoms with Crippen LogP contribution in [-0.4, -0.2) is 44.2 Å². The second kappa shape index (κ2) is 9.80. The van der Waals surface area contributed by atoms with Crippen molar-refractivity contribution in [3.8, 4) is 0 Å². The van der Waals surface area contributed by atoms with E-state index in [0.717, 1.165) is 13.0 Å². The lowest BCUT2D eigenvalue weighted by Crippen LogP contribution is -2.46. The van der Waals surface area contributed by atoms with Crippen molar-refractivity contribution >= 4 is 5.91 Å². The number of hydrogen-bond acceptors (Lipinski definition) is 3. The van der Waals surface area contributed by atoms with E-state index in [1.54, 1.807) is 13.2 Å². The SMILES string of the molecule is COCCNC(=O)[C@@H]1C[C@H](c2cccc(C)c2)CN(Cc2ccccc2F)C1. The number of amides is 1. The summed E-state index contributed by atoms with van der Waals surface area (Å²) in [4.78, 5) is 14.9. The van der Waals surface area contributed by atoms with E-state index < -0.39 is 0 Å². The number of ether oxygens (including phenoxy) is 1. The van der Waals surface area contributed by atoms with E-state index in [0.29, 0.717) is 31.8 Å². The second-order valence-corrected chi connectivity index (χ2v) is 7.61. The number of benzene rings is 2. The molecule has 1 aliphatic rings. The highest BCUT2D eigenvalue weighted by Gasteiger charge is 2.32. The number of methoxy groups -OCH3 is 1. The lowest BCUT2D eigenvalue weighted by molar-refractivity contribution is -0.127. The molecule has 0 bridgehead atoms. The van der Waals surface area contributed by atoms with Crippen LogP contribution in [0.1, 0.15) is 29.0 Å². The van der Waals surface area contributed by atoms with E-state index in [-0.39, 0.29) is 23.6 Å². The maximum absolute atomic E-state index is 14.2. The van der Waals surface area contributed by atoms with Crippen LogP contribution in [0.25, 0.3) is 0 Å². The van der Waals surface area contributed by atoms with Gasteiger partial charge in [0.05, 0.1) is 12.5 Å². The van der Waals surface area contributed by atoms with Crippen molar-refractivity contribution in [3.05, 3.63) is 71.0 Å². The summed E-state index contributed by atoms with van der Waals surface area (Å²) in [7, 11) is 1.62. The van der Waals surface area contributed by atoms with E-state index in [4.69, 9.17) is 4.74 Å². The molecule has 1 N–H and O–H groups in total. The van der Waals surface area contributed by atoms with Crippen molar-refractivity contribution in [1.82, 2.24) is 10.2 Å². The number of likely N-dealkylation sites (tertiary alicyclic amines) is 1. The Morgan fingerprint density at radius 3 is 2.79 bits per heavy atom. The highest BCUT2D eigenvalue weighted by Crippen LogP contribution is 2.32. The Labute approximate surface area is 166 Å². The highest BCUT2D eigenvalue weighted by atomic mass is 19.1. The number of hydrogen-bond donors (Lipinski definition) is 1. The number of aryl methyl sites for hydroxylation is 1. The molecule has 1 saturated heterocycles.